The van der Waals surface area contributed by atoms with Crippen LogP contribution in [0.3, 0.4) is 0 Å². The molecule has 2 heteroatoms. The molecule has 0 radical (unpaired) electrons. The summed E-state index contributed by atoms with van der Waals surface area (Å²) in [6.45, 7) is 2.03. The Morgan fingerprint density at radius 2 is 1.83 bits per heavy atom. The second-order valence-corrected chi connectivity index (χ2v) is 4.68. The largest absolute Gasteiger partial charge is 0.293 e. The smallest absolute Gasteiger partial charge is 0.170 e. The van der Waals surface area contributed by atoms with Crippen LogP contribution in [0.5, 0.6) is 0 Å². The highest BCUT2D eigenvalue weighted by Gasteiger charge is 2.19. The summed E-state index contributed by atoms with van der Waals surface area (Å²) >= 11 is 5.93. The normalized spacial score (nSPS) is 12.1. The third-order valence-electron chi connectivity index (χ3n) is 3.04. The fraction of sp³-hybridized carbons (Fsp3) is 0.188. The molecule has 0 aromatic heterocycles. The van der Waals surface area contributed by atoms with E-state index in [-0.39, 0.29) is 11.7 Å². The molecule has 0 N–H and O–H groups in total. The molecule has 0 bridgehead atoms. The van der Waals surface area contributed by atoms with Crippen molar-refractivity contribution >= 4 is 17.4 Å². The third kappa shape index (κ3) is 2.80. The molecular formula is C16H15ClO. The van der Waals surface area contributed by atoms with Gasteiger partial charge < -0.3 is 0 Å². The van der Waals surface area contributed by atoms with Crippen LogP contribution < -0.4 is 0 Å². The van der Waals surface area contributed by atoms with Gasteiger partial charge in [-0.05, 0) is 24.1 Å². The van der Waals surface area contributed by atoms with E-state index in [2.05, 4.69) is 0 Å². The first-order valence-corrected chi connectivity index (χ1v) is 6.45. The van der Waals surface area contributed by atoms with Crippen molar-refractivity contribution in [1.82, 2.24) is 0 Å². The molecule has 18 heavy (non-hydrogen) atoms. The lowest BCUT2D eigenvalue weighted by molar-refractivity contribution is 0.0957. The zero-order valence-corrected chi connectivity index (χ0v) is 11.0. The Bertz CT molecular complexity index is 534. The van der Waals surface area contributed by atoms with Crippen LogP contribution in [-0.4, -0.2) is 5.78 Å². The minimum absolute atomic E-state index is 0.0929. The molecule has 2 aromatic rings. The number of rotatable bonds is 4. The Morgan fingerprint density at radius 3 is 2.44 bits per heavy atom. The summed E-state index contributed by atoms with van der Waals surface area (Å²) in [7, 11) is 0. The first kappa shape index (κ1) is 12.8. The fourth-order valence-corrected chi connectivity index (χ4v) is 2.29. The van der Waals surface area contributed by atoms with Crippen LogP contribution in [0.25, 0.3) is 0 Å². The van der Waals surface area contributed by atoms with Crippen LogP contribution in [0.2, 0.25) is 5.02 Å². The van der Waals surface area contributed by atoms with Crippen molar-refractivity contribution in [3.63, 3.8) is 0 Å². The van der Waals surface area contributed by atoms with Gasteiger partial charge in [-0.2, -0.15) is 0 Å². The number of hydrogen-bond donors (Lipinski definition) is 0. The number of hydrogen-bond acceptors (Lipinski definition) is 1. The van der Waals surface area contributed by atoms with E-state index in [1.54, 1.807) is 12.1 Å². The highest BCUT2D eigenvalue weighted by atomic mass is 35.5. The van der Waals surface area contributed by atoms with Crippen LogP contribution in [-0.2, 0) is 0 Å². The SMILES string of the molecule is CCC(C(=O)c1cccc(Cl)c1)c1ccccc1. The van der Waals surface area contributed by atoms with E-state index in [4.69, 9.17) is 11.6 Å². The van der Waals surface area contributed by atoms with Crippen molar-refractivity contribution in [3.8, 4) is 0 Å². The zero-order chi connectivity index (χ0) is 13.0. The Balaban J connectivity index is 2.32. The maximum Gasteiger partial charge on any atom is 0.170 e. The topological polar surface area (TPSA) is 17.1 Å². The molecule has 2 rings (SSSR count). The van der Waals surface area contributed by atoms with Crippen molar-refractivity contribution in [1.29, 1.82) is 0 Å². The molecule has 0 spiro atoms. The van der Waals surface area contributed by atoms with Gasteiger partial charge in [0.1, 0.15) is 0 Å². The summed E-state index contributed by atoms with van der Waals surface area (Å²) in [6.07, 6.45) is 0.787. The molecule has 92 valence electrons. The molecule has 1 nitrogen and oxygen atoms in total. The molecule has 0 aliphatic carbocycles. The first-order valence-electron chi connectivity index (χ1n) is 6.07. The van der Waals surface area contributed by atoms with Gasteiger partial charge in [-0.1, -0.05) is 61.0 Å². The molecule has 0 amide bonds. The molecule has 1 atom stereocenters. The maximum atomic E-state index is 12.5. The number of ketones is 1. The minimum atomic E-state index is -0.0929. The summed E-state index contributed by atoms with van der Waals surface area (Å²) < 4.78 is 0. The second kappa shape index (κ2) is 5.83. The van der Waals surface area contributed by atoms with E-state index in [9.17, 15) is 4.79 Å². The molecule has 0 saturated carbocycles. The predicted molar refractivity (Wildman–Crippen MR) is 75.3 cm³/mol. The van der Waals surface area contributed by atoms with Crippen LogP contribution in [0, 0.1) is 0 Å². The van der Waals surface area contributed by atoms with E-state index < -0.39 is 0 Å². The summed E-state index contributed by atoms with van der Waals surface area (Å²) in [5, 5.41) is 0.601. The summed E-state index contributed by atoms with van der Waals surface area (Å²) in [5.74, 6) is 0.0378. The van der Waals surface area contributed by atoms with E-state index >= 15 is 0 Å². The van der Waals surface area contributed by atoms with Gasteiger partial charge in [0.2, 0.25) is 0 Å². The van der Waals surface area contributed by atoms with E-state index in [0.29, 0.717) is 10.6 Å². The number of halogens is 1. The van der Waals surface area contributed by atoms with Crippen LogP contribution in [0.15, 0.2) is 54.6 Å². The Kier molecular flexibility index (Phi) is 4.16. The molecule has 0 heterocycles. The van der Waals surface area contributed by atoms with E-state index in [0.717, 1.165) is 12.0 Å². The third-order valence-corrected chi connectivity index (χ3v) is 3.27. The Morgan fingerprint density at radius 1 is 1.11 bits per heavy atom. The van der Waals surface area contributed by atoms with Gasteiger partial charge in [0.05, 0.1) is 0 Å². The summed E-state index contributed by atoms with van der Waals surface area (Å²) in [4.78, 5) is 12.5. The van der Waals surface area contributed by atoms with Crippen LogP contribution in [0.1, 0.15) is 35.2 Å². The van der Waals surface area contributed by atoms with Gasteiger partial charge in [-0.3, -0.25) is 4.79 Å². The highest BCUT2D eigenvalue weighted by molar-refractivity contribution is 6.31. The van der Waals surface area contributed by atoms with Crippen molar-refractivity contribution < 1.29 is 4.79 Å². The van der Waals surface area contributed by atoms with E-state index in [1.165, 1.54) is 0 Å². The number of carbonyl (C=O) groups is 1. The zero-order valence-electron chi connectivity index (χ0n) is 10.3. The second-order valence-electron chi connectivity index (χ2n) is 4.25. The van der Waals surface area contributed by atoms with Gasteiger partial charge >= 0.3 is 0 Å². The number of Topliss-reactive ketones (excluding diaryl/α,β-unsaturated/α-hetero) is 1. The van der Waals surface area contributed by atoms with Crippen molar-refractivity contribution in [3.05, 3.63) is 70.7 Å². The maximum absolute atomic E-state index is 12.5. The van der Waals surface area contributed by atoms with Gasteiger partial charge in [0.25, 0.3) is 0 Å². The minimum Gasteiger partial charge on any atom is -0.293 e. The molecule has 0 aliphatic heterocycles. The van der Waals surface area contributed by atoms with Gasteiger partial charge in [-0.25, -0.2) is 0 Å². The van der Waals surface area contributed by atoms with Crippen molar-refractivity contribution in [2.24, 2.45) is 0 Å². The predicted octanol–water partition coefficient (Wildman–Crippen LogP) is 4.72. The average molecular weight is 259 g/mol. The molecule has 0 saturated heterocycles. The molecular weight excluding hydrogens is 244 g/mol. The van der Waals surface area contributed by atoms with Crippen LogP contribution >= 0.6 is 11.6 Å². The average Bonchev–Trinajstić information content (AvgIpc) is 2.41. The monoisotopic (exact) mass is 258 g/mol. The van der Waals surface area contributed by atoms with Gasteiger partial charge in [-0.15, -0.1) is 0 Å². The quantitative estimate of drug-likeness (QED) is 0.726. The molecule has 1 unspecified atom stereocenters. The summed E-state index contributed by atoms with van der Waals surface area (Å²) in [6, 6.07) is 17.0. The Hall–Kier alpha value is -1.60. The van der Waals surface area contributed by atoms with Crippen molar-refractivity contribution in [2.75, 3.05) is 0 Å². The lowest BCUT2D eigenvalue weighted by Gasteiger charge is -2.14. The molecule has 2 aromatic carbocycles. The standard InChI is InChI=1S/C16H15ClO/c1-2-15(12-7-4-3-5-8-12)16(18)13-9-6-10-14(17)11-13/h3-11,15H,2H2,1H3. The fourth-order valence-electron chi connectivity index (χ4n) is 2.10. The molecule has 0 aliphatic rings. The first-order chi connectivity index (χ1) is 8.72. The van der Waals surface area contributed by atoms with E-state index in [1.807, 2.05) is 49.4 Å². The number of benzene rings is 2. The number of carbonyl (C=O) groups excluding carboxylic acids is 1. The lowest BCUT2D eigenvalue weighted by atomic mass is 9.89. The van der Waals surface area contributed by atoms with Gasteiger partial charge in [0.15, 0.2) is 5.78 Å². The highest BCUT2D eigenvalue weighted by Crippen LogP contribution is 2.25. The summed E-state index contributed by atoms with van der Waals surface area (Å²) in [5.41, 5.74) is 1.74. The van der Waals surface area contributed by atoms with Gasteiger partial charge in [0, 0.05) is 16.5 Å². The lowest BCUT2D eigenvalue weighted by Crippen LogP contribution is -2.12. The van der Waals surface area contributed by atoms with Crippen molar-refractivity contribution in [2.45, 2.75) is 19.3 Å². The molecule has 0 fully saturated rings. The van der Waals surface area contributed by atoms with Crippen LogP contribution in [0.4, 0.5) is 0 Å². The Labute approximate surface area is 112 Å².